The largest absolute Gasteiger partial charge is 0.392 e. The molecule has 1 saturated heterocycles. The lowest BCUT2D eigenvalue weighted by atomic mass is 9.96. The first-order chi connectivity index (χ1) is 18.1. The van der Waals surface area contributed by atoms with Crippen LogP contribution in [0.3, 0.4) is 0 Å². The van der Waals surface area contributed by atoms with Crippen LogP contribution in [0.2, 0.25) is 0 Å². The molecule has 3 aromatic rings. The van der Waals surface area contributed by atoms with Crippen molar-refractivity contribution in [2.75, 3.05) is 19.6 Å². The molecule has 38 heavy (non-hydrogen) atoms. The van der Waals surface area contributed by atoms with Crippen LogP contribution in [0, 0.1) is 6.92 Å². The predicted octanol–water partition coefficient (Wildman–Crippen LogP) is 2.85. The fourth-order valence-corrected chi connectivity index (χ4v) is 5.05. The first-order valence-electron chi connectivity index (χ1n) is 12.5. The maximum Gasteiger partial charge on any atom is 0.380 e. The Morgan fingerprint density at radius 1 is 1.03 bits per heavy atom. The Hall–Kier alpha value is -3.28. The van der Waals surface area contributed by atoms with Gasteiger partial charge in [0.1, 0.15) is 5.75 Å². The van der Waals surface area contributed by atoms with Gasteiger partial charge in [-0.25, -0.2) is 5.01 Å². The van der Waals surface area contributed by atoms with Crippen LogP contribution >= 0.6 is 0 Å². The highest BCUT2D eigenvalue weighted by Crippen LogP contribution is 2.30. The van der Waals surface area contributed by atoms with Gasteiger partial charge in [-0.2, -0.15) is 13.6 Å². The monoisotopic (exact) mass is 539 g/mol. The molecular formula is C28H33N3O6S. The van der Waals surface area contributed by atoms with E-state index in [1.54, 1.807) is 17.1 Å². The van der Waals surface area contributed by atoms with Crippen LogP contribution in [-0.2, 0) is 28.1 Å². The number of benzene rings is 3. The zero-order valence-corrected chi connectivity index (χ0v) is 22.1. The van der Waals surface area contributed by atoms with E-state index in [4.69, 9.17) is 9.32 Å². The van der Waals surface area contributed by atoms with Crippen molar-refractivity contribution in [3.8, 4) is 16.9 Å². The van der Waals surface area contributed by atoms with Gasteiger partial charge in [0.2, 0.25) is 5.91 Å². The lowest BCUT2D eigenvalue weighted by Crippen LogP contribution is -2.41. The van der Waals surface area contributed by atoms with Crippen LogP contribution in [0.5, 0.6) is 5.75 Å². The summed E-state index contributed by atoms with van der Waals surface area (Å²) in [5.41, 5.74) is 5.27. The minimum atomic E-state index is -4.10. The number of amides is 1. The Morgan fingerprint density at radius 2 is 1.76 bits per heavy atom. The Bertz CT molecular complexity index is 1380. The van der Waals surface area contributed by atoms with Crippen LogP contribution in [0.25, 0.3) is 11.1 Å². The smallest absolute Gasteiger partial charge is 0.380 e. The molecule has 202 valence electrons. The van der Waals surface area contributed by atoms with Gasteiger partial charge in [0.15, 0.2) is 0 Å². The van der Waals surface area contributed by atoms with E-state index in [1.807, 2.05) is 60.5 Å². The van der Waals surface area contributed by atoms with Crippen LogP contribution in [0.4, 0.5) is 0 Å². The Morgan fingerprint density at radius 3 is 2.45 bits per heavy atom. The number of hydrogen-bond donors (Lipinski definition) is 3. The average Bonchev–Trinajstić information content (AvgIpc) is 3.24. The molecule has 10 heteroatoms. The summed E-state index contributed by atoms with van der Waals surface area (Å²) in [4.78, 5) is 12.5. The van der Waals surface area contributed by atoms with Gasteiger partial charge in [0, 0.05) is 26.1 Å². The molecule has 0 radical (unpaired) electrons. The van der Waals surface area contributed by atoms with Crippen molar-refractivity contribution in [1.29, 1.82) is 0 Å². The summed E-state index contributed by atoms with van der Waals surface area (Å²) < 4.78 is 27.2. The van der Waals surface area contributed by atoms with E-state index < -0.39 is 16.4 Å². The summed E-state index contributed by atoms with van der Waals surface area (Å²) in [6, 6.07) is 20.2. The fraction of sp³-hybridized carbons (Fsp3) is 0.321. The molecule has 1 aliphatic heterocycles. The van der Waals surface area contributed by atoms with Gasteiger partial charge in [0.05, 0.1) is 12.7 Å². The second-order valence-corrected chi connectivity index (χ2v) is 10.6. The number of nitrogens with zero attached hydrogens (tertiary/aromatic N) is 2. The van der Waals surface area contributed by atoms with Crippen molar-refractivity contribution in [2.24, 2.45) is 5.14 Å². The topological polar surface area (TPSA) is 133 Å². The second kappa shape index (κ2) is 12.1. The number of hydrogen-bond acceptors (Lipinski definition) is 7. The van der Waals surface area contributed by atoms with Gasteiger partial charge in [0.25, 0.3) is 0 Å². The summed E-state index contributed by atoms with van der Waals surface area (Å²) in [6.07, 6.45) is 0.903. The predicted molar refractivity (Wildman–Crippen MR) is 144 cm³/mol. The normalized spacial score (nSPS) is 15.2. The van der Waals surface area contributed by atoms with Gasteiger partial charge >= 0.3 is 10.3 Å². The fourth-order valence-electron chi connectivity index (χ4n) is 4.67. The zero-order chi connectivity index (χ0) is 27.3. The third kappa shape index (κ3) is 7.18. The summed E-state index contributed by atoms with van der Waals surface area (Å²) in [5, 5.41) is 28.9. The zero-order valence-electron chi connectivity index (χ0n) is 21.3. The van der Waals surface area contributed by atoms with E-state index >= 15 is 0 Å². The van der Waals surface area contributed by atoms with Crippen LogP contribution in [0.15, 0.2) is 66.7 Å². The molecule has 1 heterocycles. The van der Waals surface area contributed by atoms with E-state index in [-0.39, 0.29) is 18.3 Å². The number of carbonyl (C=O) groups is 1. The molecule has 1 atom stereocenters. The van der Waals surface area contributed by atoms with E-state index in [2.05, 4.69) is 0 Å². The SMILES string of the molecule is Cc1cc(OS(N)(=O)=O)ccc1-c1cccc([C@@H](O)CCN2CCC(=O)N2CCc2ccc(CO)cc2)c1. The van der Waals surface area contributed by atoms with E-state index in [1.165, 1.54) is 6.07 Å². The number of hydrazine groups is 1. The highest BCUT2D eigenvalue weighted by atomic mass is 32.2. The van der Waals surface area contributed by atoms with Crippen molar-refractivity contribution >= 4 is 16.2 Å². The van der Waals surface area contributed by atoms with Crippen molar-refractivity contribution in [3.63, 3.8) is 0 Å². The first kappa shape index (κ1) is 27.7. The van der Waals surface area contributed by atoms with E-state index in [0.29, 0.717) is 38.9 Å². The molecule has 1 fully saturated rings. The highest BCUT2D eigenvalue weighted by molar-refractivity contribution is 7.84. The van der Waals surface area contributed by atoms with Gasteiger partial charge in [-0.3, -0.25) is 9.80 Å². The molecule has 0 spiro atoms. The molecule has 0 unspecified atom stereocenters. The summed E-state index contributed by atoms with van der Waals surface area (Å²) in [6.45, 7) is 3.58. The molecular weight excluding hydrogens is 506 g/mol. The Balaban J connectivity index is 1.37. The number of rotatable bonds is 11. The van der Waals surface area contributed by atoms with Gasteiger partial charge in [-0.1, -0.05) is 48.5 Å². The van der Waals surface area contributed by atoms with Crippen molar-refractivity contribution in [1.82, 2.24) is 10.0 Å². The van der Waals surface area contributed by atoms with Crippen molar-refractivity contribution < 1.29 is 27.6 Å². The highest BCUT2D eigenvalue weighted by Gasteiger charge is 2.28. The standard InChI is InChI=1S/C28H33N3O6S/c1-20-17-25(37-38(29,35)36)9-10-26(20)23-3-2-4-24(18-23)27(33)12-14-30-15-13-28(34)31(30)16-11-21-5-7-22(19-32)8-6-21/h2-10,17-18,27,32-33H,11-16,19H2,1H3,(H2,29,35,36)/t27-/m0/s1. The number of carbonyl (C=O) groups excluding carboxylic acids is 1. The number of nitrogens with two attached hydrogens (primary N) is 1. The summed E-state index contributed by atoms with van der Waals surface area (Å²) in [5.74, 6) is 0.218. The molecule has 3 aromatic carbocycles. The molecule has 0 aliphatic carbocycles. The quantitative estimate of drug-likeness (QED) is 0.341. The minimum Gasteiger partial charge on any atom is -0.392 e. The molecule has 1 amide bonds. The molecule has 9 nitrogen and oxygen atoms in total. The van der Waals surface area contributed by atoms with Gasteiger partial charge in [-0.15, -0.1) is 0 Å². The Kier molecular flexibility index (Phi) is 8.80. The maximum absolute atomic E-state index is 12.5. The third-order valence-electron chi connectivity index (χ3n) is 6.68. The summed E-state index contributed by atoms with van der Waals surface area (Å²) in [7, 11) is -4.10. The van der Waals surface area contributed by atoms with Gasteiger partial charge in [-0.05, 0) is 71.3 Å². The first-order valence-corrected chi connectivity index (χ1v) is 14.0. The molecule has 0 saturated carbocycles. The average molecular weight is 540 g/mol. The van der Waals surface area contributed by atoms with Crippen LogP contribution < -0.4 is 9.32 Å². The molecule has 0 bridgehead atoms. The van der Waals surface area contributed by atoms with Crippen LogP contribution in [-0.4, -0.2) is 54.2 Å². The third-order valence-corrected chi connectivity index (χ3v) is 7.11. The minimum absolute atomic E-state index is 0.00592. The number of aliphatic hydroxyl groups is 2. The van der Waals surface area contributed by atoms with Crippen LogP contribution in [0.1, 0.15) is 41.2 Å². The number of aliphatic hydroxyl groups excluding tert-OH is 2. The lowest BCUT2D eigenvalue weighted by Gasteiger charge is -2.29. The lowest BCUT2D eigenvalue weighted by molar-refractivity contribution is -0.138. The van der Waals surface area contributed by atoms with Crippen molar-refractivity contribution in [3.05, 3.63) is 89.0 Å². The molecule has 0 aromatic heterocycles. The molecule has 1 aliphatic rings. The van der Waals surface area contributed by atoms with E-state index in [9.17, 15) is 23.4 Å². The maximum atomic E-state index is 12.5. The summed E-state index contributed by atoms with van der Waals surface area (Å²) >= 11 is 0. The molecule has 4 N–H and O–H groups in total. The van der Waals surface area contributed by atoms with Gasteiger partial charge < -0.3 is 14.4 Å². The van der Waals surface area contributed by atoms with E-state index in [0.717, 1.165) is 33.4 Å². The van der Waals surface area contributed by atoms with Crippen molar-refractivity contribution in [2.45, 2.75) is 38.9 Å². The molecule has 4 rings (SSSR count). The second-order valence-electron chi connectivity index (χ2n) is 9.43. The Labute approximate surface area is 223 Å². The number of aryl methyl sites for hydroxylation is 1.